The van der Waals surface area contributed by atoms with Crippen LogP contribution < -0.4 is 9.64 Å². The zero-order valence-electron chi connectivity index (χ0n) is 30.6. The number of alkyl halides is 1. The van der Waals surface area contributed by atoms with E-state index in [-0.39, 0.29) is 75.2 Å². The SMILES string of the molecule is C#Cc1c(F)ccc2cc(O)cc(-c3ncc4c(N5CC6CCC(C5)N6C(=O)C(=[N+]=[N-])c5ccccc5C)nc(OCC56CCCN5CC(F)C6)nc4c3F)c12. The fourth-order valence-corrected chi connectivity index (χ4v) is 9.50. The maximum absolute atomic E-state index is 17.1. The summed E-state index contributed by atoms with van der Waals surface area (Å²) in [5, 5.41) is 11.5. The highest BCUT2D eigenvalue weighted by Gasteiger charge is 2.50. The fourth-order valence-electron chi connectivity index (χ4n) is 9.50. The molecule has 6 heterocycles. The summed E-state index contributed by atoms with van der Waals surface area (Å²) in [7, 11) is 0. The standard InChI is InChI=1S/C42H37F3N8O3/c1-3-29-33(44)12-9-24-15-28(54)16-31(34(24)29)36-35(45)37-32(18-47-36)39(49-41(48-37)56-22-42-13-6-14-52(42)19-25(43)17-42)51-20-26-10-11-27(21-51)53(26)40(55)38(50-46)30-8-5-4-7-23(30)2/h1,4-5,7-9,12,15-16,18,25-27,54H,6,10-11,13-14,17,19-22H2,2H3. The number of hydrogen-bond acceptors (Lipinski definition) is 8. The van der Waals surface area contributed by atoms with Gasteiger partial charge in [0, 0.05) is 43.2 Å². The molecule has 11 nitrogen and oxygen atoms in total. The van der Waals surface area contributed by atoms with Crippen LogP contribution in [0.2, 0.25) is 0 Å². The van der Waals surface area contributed by atoms with Crippen molar-refractivity contribution in [3.8, 4) is 35.4 Å². The van der Waals surface area contributed by atoms with Gasteiger partial charge in [-0.25, -0.2) is 13.2 Å². The molecule has 0 aliphatic carbocycles. The molecule has 56 heavy (non-hydrogen) atoms. The summed E-state index contributed by atoms with van der Waals surface area (Å²) >= 11 is 0. The van der Waals surface area contributed by atoms with Gasteiger partial charge in [-0.1, -0.05) is 30.2 Å². The number of halogens is 3. The third-order valence-electron chi connectivity index (χ3n) is 12.0. The number of aromatic hydroxyl groups is 1. The number of nitrogens with zero attached hydrogens (tertiary/aromatic N) is 8. The van der Waals surface area contributed by atoms with Crippen molar-refractivity contribution in [2.75, 3.05) is 37.7 Å². The van der Waals surface area contributed by atoms with E-state index in [1.807, 2.05) is 24.0 Å². The predicted molar refractivity (Wildman–Crippen MR) is 203 cm³/mol. The number of carbonyl (C=O) groups excluding carboxylic acids is 1. The third kappa shape index (κ3) is 5.72. The van der Waals surface area contributed by atoms with Gasteiger partial charge in [-0.3, -0.25) is 14.7 Å². The second-order valence-electron chi connectivity index (χ2n) is 15.3. The molecule has 1 amide bonds. The van der Waals surface area contributed by atoms with E-state index in [0.717, 1.165) is 24.9 Å². The van der Waals surface area contributed by atoms with Gasteiger partial charge >= 0.3 is 17.6 Å². The lowest BCUT2D eigenvalue weighted by atomic mass is 9.95. The van der Waals surface area contributed by atoms with Crippen molar-refractivity contribution in [3.05, 3.63) is 88.6 Å². The van der Waals surface area contributed by atoms with Crippen LogP contribution in [0.25, 0.3) is 38.5 Å². The number of aryl methyl sites for hydroxylation is 1. The lowest BCUT2D eigenvalue weighted by molar-refractivity contribution is -0.131. The van der Waals surface area contributed by atoms with Gasteiger partial charge in [0.25, 0.3) is 0 Å². The molecule has 284 valence electrons. The van der Waals surface area contributed by atoms with Crippen molar-refractivity contribution < 1.29 is 32.6 Å². The van der Waals surface area contributed by atoms with Crippen LogP contribution in [0.3, 0.4) is 0 Å². The van der Waals surface area contributed by atoms with Gasteiger partial charge in [-0.05, 0) is 74.4 Å². The van der Waals surface area contributed by atoms with E-state index in [4.69, 9.17) is 16.1 Å². The molecule has 4 atom stereocenters. The average Bonchev–Trinajstić information content (AvgIpc) is 3.81. The quantitative estimate of drug-likeness (QED) is 0.0930. The monoisotopic (exact) mass is 758 g/mol. The molecule has 2 aromatic heterocycles. The first-order valence-corrected chi connectivity index (χ1v) is 18.7. The van der Waals surface area contributed by atoms with Crippen molar-refractivity contribution in [3.63, 3.8) is 0 Å². The molecule has 4 unspecified atom stereocenters. The van der Waals surface area contributed by atoms with Gasteiger partial charge in [-0.2, -0.15) is 14.8 Å². The van der Waals surface area contributed by atoms with Crippen LogP contribution in [0.5, 0.6) is 11.8 Å². The predicted octanol–water partition coefficient (Wildman–Crippen LogP) is 5.97. The molecule has 9 rings (SSSR count). The van der Waals surface area contributed by atoms with E-state index >= 15 is 4.39 Å². The molecule has 4 aliphatic rings. The largest absolute Gasteiger partial charge is 0.508 e. The summed E-state index contributed by atoms with van der Waals surface area (Å²) in [6, 6.07) is 11.9. The number of hydrogen-bond donors (Lipinski definition) is 1. The van der Waals surface area contributed by atoms with Crippen LogP contribution in [0.15, 0.2) is 54.7 Å². The Labute approximate surface area is 320 Å². The van der Waals surface area contributed by atoms with Crippen LogP contribution in [0.1, 0.15) is 48.8 Å². The van der Waals surface area contributed by atoms with Gasteiger partial charge < -0.3 is 25.2 Å². The summed E-state index contributed by atoms with van der Waals surface area (Å²) < 4.78 is 53.1. The molecule has 1 N–H and O–H groups in total. The summed E-state index contributed by atoms with van der Waals surface area (Å²) in [4.78, 5) is 37.2. The van der Waals surface area contributed by atoms with E-state index in [9.17, 15) is 24.2 Å². The Hall–Kier alpha value is -6.03. The number of amides is 1. The lowest BCUT2D eigenvalue weighted by Crippen LogP contribution is -2.57. The number of rotatable bonds is 7. The molecule has 2 bridgehead atoms. The molecular weight excluding hydrogens is 722 g/mol. The van der Waals surface area contributed by atoms with Crippen LogP contribution in [-0.2, 0) is 4.79 Å². The number of aromatic nitrogens is 3. The number of piperazine rings is 1. The van der Waals surface area contributed by atoms with E-state index in [1.165, 1.54) is 30.5 Å². The average molecular weight is 759 g/mol. The summed E-state index contributed by atoms with van der Waals surface area (Å²) in [6.07, 6.45) is 9.51. The van der Waals surface area contributed by atoms with Crippen LogP contribution in [-0.4, -0.2) is 103 Å². The molecular formula is C42H37F3N8O3. The van der Waals surface area contributed by atoms with Gasteiger partial charge in [0.1, 0.15) is 41.4 Å². The Morgan fingerprint density at radius 2 is 1.91 bits per heavy atom. The Kier molecular flexibility index (Phi) is 8.67. The van der Waals surface area contributed by atoms with Crippen LogP contribution in [0.4, 0.5) is 19.0 Å². The highest BCUT2D eigenvalue weighted by Crippen LogP contribution is 2.43. The van der Waals surface area contributed by atoms with Crippen molar-refractivity contribution in [1.29, 1.82) is 0 Å². The normalized spacial score (nSPS) is 23.0. The maximum atomic E-state index is 17.1. The minimum absolute atomic E-state index is 0.0365. The molecule has 0 radical (unpaired) electrons. The number of phenolic OH excluding ortho intramolecular Hbond substituents is 1. The first-order chi connectivity index (χ1) is 27.1. The molecule has 4 aliphatic heterocycles. The van der Waals surface area contributed by atoms with Crippen molar-refractivity contribution in [2.24, 2.45) is 0 Å². The van der Waals surface area contributed by atoms with E-state index in [1.54, 1.807) is 17.0 Å². The minimum Gasteiger partial charge on any atom is -0.508 e. The highest BCUT2D eigenvalue weighted by molar-refractivity contribution is 6.43. The van der Waals surface area contributed by atoms with Crippen molar-refractivity contribution in [2.45, 2.75) is 62.8 Å². The van der Waals surface area contributed by atoms with Gasteiger partial charge in [0.15, 0.2) is 5.82 Å². The number of carbonyl (C=O) groups is 1. The summed E-state index contributed by atoms with van der Waals surface area (Å²) in [5.41, 5.74) is 10.4. The molecule has 4 saturated heterocycles. The first-order valence-electron chi connectivity index (χ1n) is 18.7. The topological polar surface area (TPSA) is 131 Å². The zero-order valence-corrected chi connectivity index (χ0v) is 30.6. The van der Waals surface area contributed by atoms with E-state index in [0.29, 0.717) is 55.7 Å². The highest BCUT2D eigenvalue weighted by atomic mass is 19.1. The van der Waals surface area contributed by atoms with E-state index in [2.05, 4.69) is 25.6 Å². The molecule has 0 saturated carbocycles. The van der Waals surface area contributed by atoms with Crippen molar-refractivity contribution in [1.82, 2.24) is 24.8 Å². The number of anilines is 1. The second-order valence-corrected chi connectivity index (χ2v) is 15.3. The van der Waals surface area contributed by atoms with Gasteiger partial charge in [0.2, 0.25) is 0 Å². The minimum atomic E-state index is -0.982. The van der Waals surface area contributed by atoms with E-state index < -0.39 is 23.3 Å². The summed E-state index contributed by atoms with van der Waals surface area (Å²) in [6.45, 7) is 3.69. The number of ether oxygens (including phenoxy) is 1. The maximum Gasteiger partial charge on any atom is 0.386 e. The van der Waals surface area contributed by atoms with Crippen LogP contribution in [0, 0.1) is 30.9 Å². The smallest absolute Gasteiger partial charge is 0.386 e. The first kappa shape index (κ1) is 35.7. The molecule has 14 heteroatoms. The van der Waals surface area contributed by atoms with Gasteiger partial charge in [0.05, 0.1) is 34.1 Å². The number of benzene rings is 3. The van der Waals surface area contributed by atoms with Crippen molar-refractivity contribution >= 4 is 39.1 Å². The van der Waals surface area contributed by atoms with Gasteiger partial charge in [-0.15, -0.1) is 6.42 Å². The number of phenols is 1. The number of pyridine rings is 1. The Balaban J connectivity index is 1.13. The number of fused-ring (bicyclic) bond motifs is 5. The molecule has 5 aromatic rings. The molecule has 4 fully saturated rings. The molecule has 0 spiro atoms. The fraction of sp³-hybridized carbons (Fsp3) is 0.357. The Morgan fingerprint density at radius 3 is 2.66 bits per heavy atom. The molecule has 3 aromatic carbocycles. The third-order valence-corrected chi connectivity index (χ3v) is 12.0. The Morgan fingerprint density at radius 1 is 1.12 bits per heavy atom. The van der Waals surface area contributed by atoms with Crippen LogP contribution >= 0.6 is 0 Å². The second kappa shape index (κ2) is 13.6. The number of terminal acetylenes is 1. The lowest BCUT2D eigenvalue weighted by Gasteiger charge is -2.41. The Bertz CT molecular complexity index is 2540. The summed E-state index contributed by atoms with van der Waals surface area (Å²) in [5.74, 6) is 0.580. The zero-order chi connectivity index (χ0) is 38.9.